The number of fused-ring (bicyclic) bond motifs is 2. The Kier molecular flexibility index (Phi) is 8.22. The van der Waals surface area contributed by atoms with E-state index in [1.54, 1.807) is 11.3 Å². The minimum absolute atomic E-state index is 0.804. The van der Waals surface area contributed by atoms with Crippen LogP contribution in [-0.4, -0.2) is 56.0 Å². The van der Waals surface area contributed by atoms with Crippen LogP contribution in [0.2, 0.25) is 0 Å². The monoisotopic (exact) mass is 594 g/mol. The Labute approximate surface area is 259 Å². The number of benzene rings is 1. The van der Waals surface area contributed by atoms with E-state index in [-0.39, 0.29) is 0 Å². The maximum Gasteiger partial charge on any atom is 0.156 e. The molecule has 5 heterocycles. The molecule has 0 radical (unpaired) electrons. The number of rotatable bonds is 9. The van der Waals surface area contributed by atoms with E-state index in [9.17, 15) is 0 Å². The molecule has 0 saturated heterocycles. The molecule has 3 aromatic heterocycles. The number of likely N-dealkylation sites (N-methyl/N-ethyl adjacent to an activating group) is 1. The van der Waals surface area contributed by atoms with Gasteiger partial charge in [0.25, 0.3) is 0 Å². The van der Waals surface area contributed by atoms with Crippen molar-refractivity contribution in [2.24, 2.45) is 7.05 Å². The normalized spacial score (nSPS) is 15.2. The van der Waals surface area contributed by atoms with Gasteiger partial charge in [0.05, 0.1) is 34.7 Å². The topological polar surface area (TPSA) is 74.1 Å². The van der Waals surface area contributed by atoms with Crippen molar-refractivity contribution in [1.82, 2.24) is 29.3 Å². The molecule has 0 unspecified atom stereocenters. The summed E-state index contributed by atoms with van der Waals surface area (Å²) >= 11 is 1.73. The fourth-order valence-electron chi connectivity index (χ4n) is 6.23. The third-order valence-electron chi connectivity index (χ3n) is 8.74. The van der Waals surface area contributed by atoms with Crippen LogP contribution in [0.25, 0.3) is 22.5 Å². The highest BCUT2D eigenvalue weighted by molar-refractivity contribution is 7.12. The van der Waals surface area contributed by atoms with Crippen molar-refractivity contribution in [3.63, 3.8) is 0 Å². The van der Waals surface area contributed by atoms with Crippen molar-refractivity contribution >= 4 is 34.1 Å². The molecule has 2 N–H and O–H groups in total. The highest BCUT2D eigenvalue weighted by atomic mass is 32.1. The third kappa shape index (κ3) is 5.77. The van der Waals surface area contributed by atoms with Gasteiger partial charge in [0.1, 0.15) is 5.01 Å². The van der Waals surface area contributed by atoms with E-state index < -0.39 is 0 Å². The van der Waals surface area contributed by atoms with Gasteiger partial charge in [0.2, 0.25) is 0 Å². The van der Waals surface area contributed by atoms with Crippen molar-refractivity contribution in [3.8, 4) is 11.1 Å². The number of hydrogen-bond donors (Lipinski definition) is 2. The van der Waals surface area contributed by atoms with E-state index in [1.165, 1.54) is 22.0 Å². The molecule has 4 aromatic rings. The van der Waals surface area contributed by atoms with Gasteiger partial charge in [0.15, 0.2) is 5.82 Å². The molecule has 224 valence electrons. The molecule has 0 aliphatic carbocycles. The SMILES string of the molecule is C=C(Nc1cncc(-c2cccc(NC(=C)c3nc4c(n3C)CCN(CCC)C4)c2C)c1C)c1nc2c(s1)CN(C)CC2. The van der Waals surface area contributed by atoms with Crippen molar-refractivity contribution in [3.05, 3.63) is 87.7 Å². The van der Waals surface area contributed by atoms with Crippen molar-refractivity contribution in [2.75, 3.05) is 37.3 Å². The molecule has 0 amide bonds. The fraction of sp³-hybridized carbons (Fsp3) is 0.382. The van der Waals surface area contributed by atoms with Crippen LogP contribution in [-0.2, 0) is 33.0 Å². The highest BCUT2D eigenvalue weighted by Gasteiger charge is 2.24. The van der Waals surface area contributed by atoms with Crippen LogP contribution in [0.1, 0.15) is 57.3 Å². The molecule has 9 heteroatoms. The van der Waals surface area contributed by atoms with Crippen LogP contribution < -0.4 is 10.6 Å². The lowest BCUT2D eigenvalue weighted by molar-refractivity contribution is 0.249. The van der Waals surface area contributed by atoms with Crippen LogP contribution in [0.5, 0.6) is 0 Å². The molecule has 0 bridgehead atoms. The van der Waals surface area contributed by atoms with Crippen molar-refractivity contribution in [1.29, 1.82) is 0 Å². The summed E-state index contributed by atoms with van der Waals surface area (Å²) in [4.78, 5) is 20.7. The Hall–Kier alpha value is -3.79. The molecule has 1 aromatic carbocycles. The zero-order chi connectivity index (χ0) is 30.2. The molecular formula is C34H42N8S. The van der Waals surface area contributed by atoms with Crippen molar-refractivity contribution in [2.45, 2.75) is 53.1 Å². The first-order valence-electron chi connectivity index (χ1n) is 15.1. The zero-order valence-corrected chi connectivity index (χ0v) is 26.9. The summed E-state index contributed by atoms with van der Waals surface area (Å²) in [5, 5.41) is 8.05. The molecule has 2 aliphatic rings. The van der Waals surface area contributed by atoms with E-state index in [2.05, 4.69) is 96.2 Å². The number of aromatic nitrogens is 4. The number of pyridine rings is 1. The Morgan fingerprint density at radius 3 is 2.51 bits per heavy atom. The first-order valence-corrected chi connectivity index (χ1v) is 16.0. The largest absolute Gasteiger partial charge is 0.353 e. The predicted molar refractivity (Wildman–Crippen MR) is 179 cm³/mol. The van der Waals surface area contributed by atoms with Gasteiger partial charge < -0.3 is 20.1 Å². The average molecular weight is 595 g/mol. The van der Waals surface area contributed by atoms with Gasteiger partial charge in [-0.2, -0.15) is 0 Å². The molecule has 43 heavy (non-hydrogen) atoms. The number of anilines is 2. The summed E-state index contributed by atoms with van der Waals surface area (Å²) < 4.78 is 2.21. The Balaban J connectivity index is 1.21. The quantitative estimate of drug-likeness (QED) is 0.230. The molecule has 0 saturated carbocycles. The Morgan fingerprint density at radius 1 is 0.907 bits per heavy atom. The van der Waals surface area contributed by atoms with E-state index in [1.807, 2.05) is 12.4 Å². The first kappa shape index (κ1) is 29.3. The van der Waals surface area contributed by atoms with E-state index >= 15 is 0 Å². The number of hydrogen-bond acceptors (Lipinski definition) is 8. The third-order valence-corrected chi connectivity index (χ3v) is 9.88. The lowest BCUT2D eigenvalue weighted by Crippen LogP contribution is -2.31. The van der Waals surface area contributed by atoms with Crippen LogP contribution in [0.3, 0.4) is 0 Å². The van der Waals surface area contributed by atoms with Gasteiger partial charge >= 0.3 is 0 Å². The maximum atomic E-state index is 5.02. The van der Waals surface area contributed by atoms with Crippen LogP contribution in [0.15, 0.2) is 43.8 Å². The van der Waals surface area contributed by atoms with Crippen LogP contribution in [0, 0.1) is 13.8 Å². The standard InChI is InChI=1S/C34H42N8S/c1-8-14-42-16-13-31-30(19-42)38-33(41(31)7)23(4)36-27-11-9-10-25(21(27)2)26-17-35-18-29(22(26)3)37-24(5)34-39-28-12-15-40(6)20-32(28)43-34/h9-11,17-18,36-37H,4-5,8,12-16,19-20H2,1-3,6-7H3. The van der Waals surface area contributed by atoms with E-state index in [0.717, 1.165) is 108 Å². The molecule has 2 aliphatic heterocycles. The number of thiazole rings is 1. The second-order valence-electron chi connectivity index (χ2n) is 11.8. The van der Waals surface area contributed by atoms with E-state index in [0.29, 0.717) is 0 Å². The summed E-state index contributed by atoms with van der Waals surface area (Å²) in [7, 11) is 4.26. The highest BCUT2D eigenvalue weighted by Crippen LogP contribution is 2.36. The van der Waals surface area contributed by atoms with Gasteiger partial charge in [-0.25, -0.2) is 9.97 Å². The predicted octanol–water partition coefficient (Wildman–Crippen LogP) is 6.48. The second kappa shape index (κ2) is 12.1. The Morgan fingerprint density at radius 2 is 1.70 bits per heavy atom. The molecule has 0 atom stereocenters. The minimum Gasteiger partial charge on any atom is -0.353 e. The van der Waals surface area contributed by atoms with E-state index in [4.69, 9.17) is 9.97 Å². The van der Waals surface area contributed by atoms with Gasteiger partial charge in [-0.15, -0.1) is 11.3 Å². The number of nitrogens with zero attached hydrogens (tertiary/aromatic N) is 6. The summed E-state index contributed by atoms with van der Waals surface area (Å²) in [6.07, 6.45) is 6.98. The summed E-state index contributed by atoms with van der Waals surface area (Å²) in [5.41, 5.74) is 11.7. The average Bonchev–Trinajstić information content (AvgIpc) is 3.56. The molecular weight excluding hydrogens is 552 g/mol. The second-order valence-corrected chi connectivity index (χ2v) is 12.9. The first-order chi connectivity index (χ1) is 20.7. The lowest BCUT2D eigenvalue weighted by atomic mass is 9.96. The molecule has 6 rings (SSSR count). The summed E-state index contributed by atoms with van der Waals surface area (Å²) in [5.74, 6) is 0.895. The van der Waals surface area contributed by atoms with Gasteiger partial charge in [-0.3, -0.25) is 9.88 Å². The molecule has 0 spiro atoms. The molecule has 8 nitrogen and oxygen atoms in total. The summed E-state index contributed by atoms with van der Waals surface area (Å²) in [6.45, 7) is 20.3. The van der Waals surface area contributed by atoms with Crippen LogP contribution in [0.4, 0.5) is 11.4 Å². The van der Waals surface area contributed by atoms with Gasteiger partial charge in [-0.05, 0) is 56.6 Å². The smallest absolute Gasteiger partial charge is 0.156 e. The fourth-order valence-corrected chi connectivity index (χ4v) is 7.35. The summed E-state index contributed by atoms with van der Waals surface area (Å²) in [6, 6.07) is 6.34. The zero-order valence-electron chi connectivity index (χ0n) is 26.0. The van der Waals surface area contributed by atoms with Crippen LogP contribution >= 0.6 is 11.3 Å². The number of nitrogens with one attached hydrogen (secondary N) is 2. The van der Waals surface area contributed by atoms with Crippen molar-refractivity contribution < 1.29 is 0 Å². The Bertz CT molecular complexity index is 1700. The van der Waals surface area contributed by atoms with Gasteiger partial charge in [0, 0.05) is 74.1 Å². The lowest BCUT2D eigenvalue weighted by Gasteiger charge is -2.25. The number of imidazole rings is 1. The molecule has 0 fully saturated rings. The maximum absolute atomic E-state index is 5.02. The minimum atomic E-state index is 0.804. The van der Waals surface area contributed by atoms with Gasteiger partial charge in [-0.1, -0.05) is 32.2 Å².